The van der Waals surface area contributed by atoms with Crippen molar-refractivity contribution < 1.29 is 23.7 Å². The quantitative estimate of drug-likeness (QED) is 0.565. The number of carbonyl (C=O) groups is 1. The van der Waals surface area contributed by atoms with E-state index in [1.54, 1.807) is 36.1 Å². The number of anilines is 1. The Morgan fingerprint density at radius 3 is 2.77 bits per heavy atom. The van der Waals surface area contributed by atoms with Gasteiger partial charge in [-0.3, -0.25) is 4.79 Å². The molecule has 1 aromatic heterocycles. The molecular formula is C19H19N5O5S. The van der Waals surface area contributed by atoms with E-state index in [0.29, 0.717) is 52.7 Å². The maximum atomic E-state index is 12.5. The number of carbonyl (C=O) groups excluding carboxylic acids is 1. The third kappa shape index (κ3) is 4.25. The lowest BCUT2D eigenvalue weighted by Crippen LogP contribution is -2.16. The van der Waals surface area contributed by atoms with Gasteiger partial charge in [-0.05, 0) is 34.7 Å². The Morgan fingerprint density at radius 2 is 1.97 bits per heavy atom. The summed E-state index contributed by atoms with van der Waals surface area (Å²) in [5, 5.41) is 15.0. The van der Waals surface area contributed by atoms with E-state index in [1.807, 2.05) is 12.1 Å². The fourth-order valence-corrected chi connectivity index (χ4v) is 3.51. The van der Waals surface area contributed by atoms with Crippen molar-refractivity contribution in [3.8, 4) is 28.7 Å². The summed E-state index contributed by atoms with van der Waals surface area (Å²) in [5.74, 6) is 2.33. The number of hydrogen-bond acceptors (Lipinski definition) is 9. The molecular weight excluding hydrogens is 410 g/mol. The van der Waals surface area contributed by atoms with Crippen LogP contribution in [0.4, 0.5) is 5.69 Å². The molecule has 0 saturated carbocycles. The van der Waals surface area contributed by atoms with Crippen molar-refractivity contribution in [2.45, 2.75) is 5.16 Å². The minimum Gasteiger partial charge on any atom is -0.497 e. The zero-order valence-electron chi connectivity index (χ0n) is 16.3. The highest BCUT2D eigenvalue weighted by molar-refractivity contribution is 7.99. The molecule has 0 fully saturated rings. The molecule has 1 N–H and O–H groups in total. The van der Waals surface area contributed by atoms with Gasteiger partial charge in [0.05, 0.1) is 31.3 Å². The second kappa shape index (κ2) is 8.91. The van der Waals surface area contributed by atoms with Gasteiger partial charge in [0.1, 0.15) is 24.7 Å². The van der Waals surface area contributed by atoms with Gasteiger partial charge in [-0.1, -0.05) is 11.8 Å². The van der Waals surface area contributed by atoms with Crippen molar-refractivity contribution in [1.29, 1.82) is 0 Å². The Hall–Kier alpha value is -3.47. The van der Waals surface area contributed by atoms with E-state index in [2.05, 4.69) is 20.8 Å². The number of hydrogen-bond donors (Lipinski definition) is 1. The number of aromatic nitrogens is 4. The second-order valence-corrected chi connectivity index (χ2v) is 7.05. The molecule has 0 radical (unpaired) electrons. The smallest absolute Gasteiger partial charge is 0.234 e. The van der Waals surface area contributed by atoms with Gasteiger partial charge in [0.25, 0.3) is 0 Å². The predicted molar refractivity (Wildman–Crippen MR) is 109 cm³/mol. The van der Waals surface area contributed by atoms with Gasteiger partial charge in [0.15, 0.2) is 11.5 Å². The number of rotatable bonds is 7. The first-order chi connectivity index (χ1) is 14.7. The van der Waals surface area contributed by atoms with Crippen molar-refractivity contribution >= 4 is 23.4 Å². The molecule has 0 saturated heterocycles. The van der Waals surface area contributed by atoms with Crippen LogP contribution in [0.25, 0.3) is 5.69 Å². The lowest BCUT2D eigenvalue weighted by Gasteiger charge is -2.18. The number of benzene rings is 2. The number of thioether (sulfide) groups is 1. The van der Waals surface area contributed by atoms with E-state index in [0.717, 1.165) is 0 Å². The van der Waals surface area contributed by atoms with Crippen LogP contribution in [0.3, 0.4) is 0 Å². The molecule has 10 nitrogen and oxygen atoms in total. The first-order valence-corrected chi connectivity index (χ1v) is 9.99. The molecule has 4 rings (SSSR count). The number of tetrazole rings is 1. The fourth-order valence-electron chi connectivity index (χ4n) is 2.82. The highest BCUT2D eigenvalue weighted by Crippen LogP contribution is 2.33. The number of nitrogens with zero attached hydrogens (tertiary/aromatic N) is 4. The van der Waals surface area contributed by atoms with Gasteiger partial charge < -0.3 is 24.3 Å². The summed E-state index contributed by atoms with van der Waals surface area (Å²) >= 11 is 1.21. The van der Waals surface area contributed by atoms with Crippen molar-refractivity contribution in [3.63, 3.8) is 0 Å². The Morgan fingerprint density at radius 1 is 1.13 bits per heavy atom. The van der Waals surface area contributed by atoms with Crippen LogP contribution < -0.4 is 24.3 Å². The Bertz CT molecular complexity index is 1060. The standard InChI is InChI=1S/C19H19N5O5S/c1-26-13-4-6-15(27-2)14(10-13)20-18(25)11-30-19-21-22-23-24(19)12-3-5-16-17(9-12)29-8-7-28-16/h3-6,9-10H,7-8,11H2,1-2H3,(H,20,25). The van der Waals surface area contributed by atoms with Crippen molar-refractivity contribution in [2.24, 2.45) is 0 Å². The van der Waals surface area contributed by atoms with Crippen molar-refractivity contribution in [2.75, 3.05) is 38.5 Å². The first kappa shape index (κ1) is 19.8. The molecule has 30 heavy (non-hydrogen) atoms. The van der Waals surface area contributed by atoms with Gasteiger partial charge >= 0.3 is 0 Å². The molecule has 1 amide bonds. The second-order valence-electron chi connectivity index (χ2n) is 6.10. The van der Waals surface area contributed by atoms with Crippen LogP contribution in [-0.4, -0.2) is 59.3 Å². The average molecular weight is 429 g/mol. The van der Waals surface area contributed by atoms with Crippen LogP contribution >= 0.6 is 11.8 Å². The van der Waals surface area contributed by atoms with Gasteiger partial charge in [0.2, 0.25) is 11.1 Å². The zero-order valence-corrected chi connectivity index (χ0v) is 17.1. The SMILES string of the molecule is COc1ccc(OC)c(NC(=O)CSc2nnnn2-c2ccc3c(c2)OCCO3)c1. The summed E-state index contributed by atoms with van der Waals surface area (Å²) in [6, 6.07) is 10.6. The molecule has 0 unspecified atom stereocenters. The fraction of sp³-hybridized carbons (Fsp3) is 0.263. The van der Waals surface area contributed by atoms with Crippen LogP contribution in [0.2, 0.25) is 0 Å². The maximum absolute atomic E-state index is 12.5. The van der Waals surface area contributed by atoms with E-state index < -0.39 is 0 Å². The summed E-state index contributed by atoms with van der Waals surface area (Å²) in [7, 11) is 3.09. The summed E-state index contributed by atoms with van der Waals surface area (Å²) < 4.78 is 23.2. The first-order valence-electron chi connectivity index (χ1n) is 9.01. The molecule has 0 bridgehead atoms. The number of fused-ring (bicyclic) bond motifs is 1. The molecule has 0 spiro atoms. The van der Waals surface area contributed by atoms with Crippen LogP contribution in [-0.2, 0) is 4.79 Å². The van der Waals surface area contributed by atoms with Gasteiger partial charge in [-0.2, -0.15) is 4.68 Å². The van der Waals surface area contributed by atoms with Crippen LogP contribution in [0.15, 0.2) is 41.6 Å². The van der Waals surface area contributed by atoms with Crippen molar-refractivity contribution in [1.82, 2.24) is 20.2 Å². The van der Waals surface area contributed by atoms with E-state index in [1.165, 1.54) is 18.9 Å². The summed E-state index contributed by atoms with van der Waals surface area (Å²) in [6.07, 6.45) is 0. The Labute approximate surface area is 176 Å². The largest absolute Gasteiger partial charge is 0.497 e. The van der Waals surface area contributed by atoms with E-state index in [9.17, 15) is 4.79 Å². The molecule has 11 heteroatoms. The molecule has 1 aliphatic rings. The zero-order chi connectivity index (χ0) is 20.9. The van der Waals surface area contributed by atoms with E-state index >= 15 is 0 Å². The topological polar surface area (TPSA) is 110 Å². The predicted octanol–water partition coefficient (Wildman–Crippen LogP) is 2.18. The van der Waals surface area contributed by atoms with E-state index in [4.69, 9.17) is 18.9 Å². The number of nitrogens with one attached hydrogen (secondary N) is 1. The maximum Gasteiger partial charge on any atom is 0.234 e. The molecule has 156 valence electrons. The molecule has 2 aromatic carbocycles. The normalized spacial score (nSPS) is 12.3. The van der Waals surface area contributed by atoms with Gasteiger partial charge in [0, 0.05) is 12.1 Å². The lowest BCUT2D eigenvalue weighted by molar-refractivity contribution is -0.113. The molecule has 2 heterocycles. The number of ether oxygens (including phenoxy) is 4. The highest BCUT2D eigenvalue weighted by atomic mass is 32.2. The molecule has 3 aromatic rings. The average Bonchev–Trinajstić information content (AvgIpc) is 3.26. The Balaban J connectivity index is 1.44. The summed E-state index contributed by atoms with van der Waals surface area (Å²) in [4.78, 5) is 12.5. The van der Waals surface area contributed by atoms with Crippen LogP contribution in [0, 0.1) is 0 Å². The highest BCUT2D eigenvalue weighted by Gasteiger charge is 2.17. The van der Waals surface area contributed by atoms with Gasteiger partial charge in [-0.15, -0.1) is 5.10 Å². The number of amides is 1. The van der Waals surface area contributed by atoms with E-state index in [-0.39, 0.29) is 11.7 Å². The summed E-state index contributed by atoms with van der Waals surface area (Å²) in [5.41, 5.74) is 1.23. The lowest BCUT2D eigenvalue weighted by atomic mass is 10.2. The van der Waals surface area contributed by atoms with Crippen molar-refractivity contribution in [3.05, 3.63) is 36.4 Å². The molecule has 1 aliphatic heterocycles. The van der Waals surface area contributed by atoms with Crippen LogP contribution in [0.1, 0.15) is 0 Å². The van der Waals surface area contributed by atoms with Crippen LogP contribution in [0.5, 0.6) is 23.0 Å². The molecule has 0 atom stereocenters. The third-order valence-corrected chi connectivity index (χ3v) is 5.14. The minimum absolute atomic E-state index is 0.102. The summed E-state index contributed by atoms with van der Waals surface area (Å²) in [6.45, 7) is 1.01. The monoisotopic (exact) mass is 429 g/mol. The molecule has 0 aliphatic carbocycles. The Kier molecular flexibility index (Phi) is 5.89. The third-order valence-electron chi connectivity index (χ3n) is 4.22. The minimum atomic E-state index is -0.233. The van der Waals surface area contributed by atoms with Gasteiger partial charge in [-0.25, -0.2) is 0 Å². The number of methoxy groups -OCH3 is 2.